The second-order valence-electron chi connectivity index (χ2n) is 24.0. The van der Waals surface area contributed by atoms with E-state index in [0.29, 0.717) is 35.8 Å². The minimum Gasteiger partial charge on any atom is -0.457 e. The van der Waals surface area contributed by atoms with Crippen LogP contribution in [0, 0.1) is 16.2 Å². The van der Waals surface area contributed by atoms with Crippen molar-refractivity contribution in [2.24, 2.45) is 16.2 Å². The summed E-state index contributed by atoms with van der Waals surface area (Å²) in [4.78, 5) is 71.4. The fourth-order valence-corrected chi connectivity index (χ4v) is 15.1. The maximum absolute atomic E-state index is 12.3. The van der Waals surface area contributed by atoms with Gasteiger partial charge in [0.15, 0.2) is 57.3 Å². The van der Waals surface area contributed by atoms with E-state index in [0.717, 1.165) is 22.0 Å². The summed E-state index contributed by atoms with van der Waals surface area (Å²) in [5.74, 6) is 0.562. The molecule has 0 heterocycles. The second-order valence-corrected chi connectivity index (χ2v) is 30.1. The van der Waals surface area contributed by atoms with Gasteiger partial charge >= 0.3 is 29.8 Å². The maximum Gasteiger partial charge on any atom is 0.349 e. The van der Waals surface area contributed by atoms with Gasteiger partial charge in [0.1, 0.15) is 28.7 Å². The highest BCUT2D eigenvalue weighted by Crippen LogP contribution is 2.36. The van der Waals surface area contributed by atoms with Crippen molar-refractivity contribution < 1.29 is 52.4 Å². The van der Waals surface area contributed by atoms with Crippen LogP contribution in [0.15, 0.2) is 323 Å². The van der Waals surface area contributed by atoms with Gasteiger partial charge < -0.3 is 28.4 Å². The molecule has 0 saturated heterocycles. The number of hydrogen-bond donors (Lipinski definition) is 0. The van der Waals surface area contributed by atoms with Crippen LogP contribution in [0.25, 0.3) is 0 Å². The number of benzene rings is 10. The normalized spacial score (nSPS) is 11.2. The molecule has 10 aromatic carbocycles. The van der Waals surface area contributed by atoms with E-state index in [1.807, 2.05) is 168 Å². The molecule has 0 saturated carbocycles. The summed E-state index contributed by atoms with van der Waals surface area (Å²) in [5.41, 5.74) is -1.74. The molecule has 0 aromatic heterocycles. The average Bonchev–Trinajstić information content (AvgIpc) is 0.860. The predicted octanol–water partition coefficient (Wildman–Crippen LogP) is 19.2. The molecular weight excluding hydrogens is 1260 g/mol. The van der Waals surface area contributed by atoms with Gasteiger partial charge in [-0.25, -0.2) is 9.59 Å². The zero-order valence-electron chi connectivity index (χ0n) is 55.8. The third kappa shape index (κ3) is 20.9. The van der Waals surface area contributed by atoms with E-state index in [1.54, 1.807) is 64.1 Å². The van der Waals surface area contributed by atoms with E-state index < -0.39 is 53.3 Å². The van der Waals surface area contributed by atoms with E-state index in [9.17, 15) is 24.0 Å². The summed E-state index contributed by atoms with van der Waals surface area (Å²) in [6.45, 7) is 15.9. The Kier molecular flexibility index (Phi) is 26.5. The van der Waals surface area contributed by atoms with Crippen LogP contribution < -0.4 is 18.9 Å². The summed E-state index contributed by atoms with van der Waals surface area (Å²) in [6, 6.07) is 92.8. The monoisotopic (exact) mass is 1340 g/mol. The van der Waals surface area contributed by atoms with Crippen molar-refractivity contribution in [1.82, 2.24) is 0 Å². The van der Waals surface area contributed by atoms with Gasteiger partial charge in [0.2, 0.25) is 0 Å². The molecule has 0 amide bonds. The lowest BCUT2D eigenvalue weighted by Gasteiger charge is -2.20. The lowest BCUT2D eigenvalue weighted by atomic mass is 9.91. The quantitative estimate of drug-likeness (QED) is 0.0324. The molecule has 0 unspecified atom stereocenters. The molecule has 0 aliphatic rings. The molecule has 0 bridgehead atoms. The highest BCUT2D eigenvalue weighted by atomic mass is 32.2. The maximum atomic E-state index is 12.3. The zero-order valence-corrected chi connectivity index (χ0v) is 58.3. The Balaban J connectivity index is 0.000000185. The molecule has 0 fully saturated rings. The van der Waals surface area contributed by atoms with Crippen molar-refractivity contribution in [2.75, 3.05) is 13.2 Å². The van der Waals surface area contributed by atoms with E-state index in [-0.39, 0.29) is 38.7 Å². The number of carbonyl (C=O) groups is 5. The molecule has 492 valence electrons. The van der Waals surface area contributed by atoms with Gasteiger partial charge in [0, 0.05) is 0 Å². The first-order valence-corrected chi connectivity index (χ1v) is 35.5. The first-order valence-electron chi connectivity index (χ1n) is 31.9. The van der Waals surface area contributed by atoms with Crippen LogP contribution in [0.3, 0.4) is 0 Å². The second kappa shape index (κ2) is 35.2. The molecular formula is C82H83O11S3+3. The van der Waals surface area contributed by atoms with Crippen molar-refractivity contribution in [2.45, 2.75) is 126 Å². The zero-order chi connectivity index (χ0) is 68.5. The molecule has 14 heteroatoms. The van der Waals surface area contributed by atoms with Gasteiger partial charge in [0.25, 0.3) is 0 Å². The lowest BCUT2D eigenvalue weighted by Crippen LogP contribution is -2.29. The molecule has 10 aromatic rings. The fraction of sp³-hybridized carbons (Fsp3) is 0.207. The lowest BCUT2D eigenvalue weighted by molar-refractivity contribution is -0.161. The van der Waals surface area contributed by atoms with Crippen molar-refractivity contribution in [3.05, 3.63) is 279 Å². The van der Waals surface area contributed by atoms with E-state index in [4.69, 9.17) is 28.4 Å². The topological polar surface area (TPSA) is 141 Å². The van der Waals surface area contributed by atoms with Crippen LogP contribution in [0.2, 0.25) is 0 Å². The van der Waals surface area contributed by atoms with Gasteiger partial charge in [-0.15, -0.1) is 0 Å². The molecule has 0 N–H and O–H groups in total. The van der Waals surface area contributed by atoms with Crippen LogP contribution in [0.4, 0.5) is 0 Å². The standard InChI is InChI=1S/C30H29O3S.2C26H27O4S/c1-4-30(2,3)29(31)33-25-17-15-23(16-18-25)32-24-19-21-28(22-20-24)34(26-11-7-5-8-12-26)27-13-9-6-10-14-27;2*1-4-26(2,3)25(28)29-19-24(27)30-20-15-17-23(18-16-20)31(21-11-7-5-8-12-21)22-13-9-6-10-14-22/h5-22H,4H2,1-3H3;2*5-18H,4,19H2,1-3H3/q3*+1. The number of esters is 5. The highest BCUT2D eigenvalue weighted by Gasteiger charge is 2.33. The predicted molar refractivity (Wildman–Crippen MR) is 382 cm³/mol. The first kappa shape index (κ1) is 72.2. The van der Waals surface area contributed by atoms with E-state index in [1.165, 1.54) is 34.3 Å². The van der Waals surface area contributed by atoms with E-state index in [2.05, 4.69) is 109 Å². The van der Waals surface area contributed by atoms with E-state index >= 15 is 0 Å². The third-order valence-electron chi connectivity index (χ3n) is 15.7. The Labute approximate surface area is 574 Å². The Morgan fingerprint density at radius 1 is 0.260 bits per heavy atom. The van der Waals surface area contributed by atoms with Crippen LogP contribution in [-0.4, -0.2) is 43.1 Å². The SMILES string of the molecule is CCC(C)(C)C(=O)OCC(=O)Oc1ccc([S+](c2ccccc2)c2ccccc2)cc1.CCC(C)(C)C(=O)OCC(=O)Oc1ccc([S+](c2ccccc2)c2ccccc2)cc1.CCC(C)(C)C(=O)Oc1ccc(Oc2ccc([S+](c3ccccc3)c3ccccc3)cc2)cc1. The summed E-state index contributed by atoms with van der Waals surface area (Å²) < 4.78 is 32.4. The molecule has 0 atom stereocenters. The van der Waals surface area contributed by atoms with Gasteiger partial charge in [-0.3, -0.25) is 14.4 Å². The average molecular weight is 1340 g/mol. The van der Waals surface area contributed by atoms with Crippen molar-refractivity contribution in [3.63, 3.8) is 0 Å². The van der Waals surface area contributed by atoms with Crippen LogP contribution >= 0.6 is 0 Å². The van der Waals surface area contributed by atoms with Crippen LogP contribution in [-0.2, 0) is 66.1 Å². The smallest absolute Gasteiger partial charge is 0.349 e. The molecule has 96 heavy (non-hydrogen) atoms. The van der Waals surface area contributed by atoms with Crippen LogP contribution in [0.5, 0.6) is 28.7 Å². The Morgan fingerprint density at radius 3 is 0.708 bits per heavy atom. The van der Waals surface area contributed by atoms with Crippen molar-refractivity contribution in [3.8, 4) is 28.7 Å². The van der Waals surface area contributed by atoms with Gasteiger partial charge in [-0.2, -0.15) is 0 Å². The Morgan fingerprint density at radius 2 is 0.458 bits per heavy atom. The molecule has 0 spiro atoms. The number of carbonyl (C=O) groups excluding carboxylic acids is 5. The van der Waals surface area contributed by atoms with Gasteiger partial charge in [0.05, 0.1) is 48.9 Å². The fourth-order valence-electron chi connectivity index (χ4n) is 8.85. The number of rotatable bonds is 24. The minimum absolute atomic E-state index is 0.191. The molecule has 10 rings (SSSR count). The van der Waals surface area contributed by atoms with Crippen molar-refractivity contribution in [1.29, 1.82) is 0 Å². The minimum atomic E-state index is -0.618. The first-order chi connectivity index (χ1) is 46.3. The largest absolute Gasteiger partial charge is 0.457 e. The summed E-state index contributed by atoms with van der Waals surface area (Å²) in [5, 5.41) is 0. The Hall–Kier alpha value is -9.60. The molecule has 0 aliphatic heterocycles. The van der Waals surface area contributed by atoms with Crippen molar-refractivity contribution >= 4 is 62.5 Å². The molecule has 0 radical (unpaired) electrons. The summed E-state index contributed by atoms with van der Waals surface area (Å²) >= 11 is 0. The number of hydrogen-bond acceptors (Lipinski definition) is 11. The third-order valence-corrected chi connectivity index (χ3v) is 22.4. The Bertz CT molecular complexity index is 3760. The summed E-state index contributed by atoms with van der Waals surface area (Å²) in [7, 11) is -0.723. The van der Waals surface area contributed by atoms with Crippen LogP contribution in [0.1, 0.15) is 81.6 Å². The highest BCUT2D eigenvalue weighted by molar-refractivity contribution is 7.97. The molecule has 0 aliphatic carbocycles. The van der Waals surface area contributed by atoms with Gasteiger partial charge in [-0.1, -0.05) is 130 Å². The number of ether oxygens (including phenoxy) is 6. The molecule has 11 nitrogen and oxygen atoms in total. The van der Waals surface area contributed by atoms with Gasteiger partial charge in [-0.05, 0) is 231 Å². The summed E-state index contributed by atoms with van der Waals surface area (Å²) in [6.07, 6.45) is 1.99.